The lowest BCUT2D eigenvalue weighted by Crippen LogP contribution is -2.64. The Morgan fingerprint density at radius 3 is 2.42 bits per heavy atom. The van der Waals surface area contributed by atoms with Crippen LogP contribution in [0.2, 0.25) is 0 Å². The van der Waals surface area contributed by atoms with Crippen LogP contribution in [-0.4, -0.2) is 76.2 Å². The number of esters is 1. The lowest BCUT2D eigenvalue weighted by Gasteiger charge is -2.40. The third-order valence-corrected chi connectivity index (χ3v) is 2.63. The lowest BCUT2D eigenvalue weighted by atomic mass is 9.97. The predicted octanol–water partition coefficient (Wildman–Crippen LogP) is -3.53. The minimum absolute atomic E-state index is 0.579. The first-order chi connectivity index (χ1) is 8.86. The van der Waals surface area contributed by atoms with Crippen molar-refractivity contribution in [3.63, 3.8) is 0 Å². The molecule has 9 nitrogen and oxygen atoms in total. The zero-order valence-corrected chi connectivity index (χ0v) is 10.2. The molecule has 110 valence electrons. The van der Waals surface area contributed by atoms with Gasteiger partial charge in [0.2, 0.25) is 0 Å². The van der Waals surface area contributed by atoms with E-state index < -0.39 is 55.7 Å². The van der Waals surface area contributed by atoms with Crippen molar-refractivity contribution < 1.29 is 39.5 Å². The molecule has 0 aromatic heterocycles. The fourth-order valence-electron chi connectivity index (χ4n) is 1.65. The molecule has 1 amide bonds. The van der Waals surface area contributed by atoms with Crippen molar-refractivity contribution in [2.24, 2.45) is 0 Å². The molecule has 9 heteroatoms. The molecule has 0 aromatic carbocycles. The molecule has 1 fully saturated rings. The number of aliphatic hydroxyl groups is 4. The van der Waals surface area contributed by atoms with Crippen molar-refractivity contribution in [2.75, 3.05) is 13.2 Å². The van der Waals surface area contributed by atoms with Gasteiger partial charge < -0.3 is 35.2 Å². The minimum atomic E-state index is -1.60. The van der Waals surface area contributed by atoms with Gasteiger partial charge >= 0.3 is 5.97 Å². The van der Waals surface area contributed by atoms with Gasteiger partial charge in [-0.2, -0.15) is 0 Å². The van der Waals surface area contributed by atoms with Gasteiger partial charge in [-0.15, -0.1) is 0 Å². The van der Waals surface area contributed by atoms with E-state index in [1.165, 1.54) is 0 Å². The van der Waals surface area contributed by atoms with Crippen LogP contribution in [0.25, 0.3) is 0 Å². The smallest absolute Gasteiger partial charge is 0.303 e. The Kier molecular flexibility index (Phi) is 5.63. The Bertz CT molecular complexity index is 335. The molecule has 5 atom stereocenters. The van der Waals surface area contributed by atoms with Gasteiger partial charge in [0.25, 0.3) is 5.91 Å². The number of amides is 1. The van der Waals surface area contributed by atoms with Gasteiger partial charge in [0.15, 0.2) is 12.9 Å². The summed E-state index contributed by atoms with van der Waals surface area (Å²) in [6, 6.07) is -1.29. The number of rotatable bonds is 4. The Hall–Kier alpha value is -1.26. The standard InChI is InChI=1S/C10H17NO8/c1-4(13)18-3-6(14)11-7-9(16)8(15)5(2-12)19-10(7)17/h5,7-10,12,15-17H,2-3H2,1H3,(H,11,14)/t5-,7-,8-,9-,10?/m1/s1. The number of hydrogen-bond donors (Lipinski definition) is 5. The van der Waals surface area contributed by atoms with E-state index in [9.17, 15) is 24.9 Å². The highest BCUT2D eigenvalue weighted by Gasteiger charge is 2.44. The summed E-state index contributed by atoms with van der Waals surface area (Å²) in [5.74, 6) is -1.42. The molecule has 0 aromatic rings. The van der Waals surface area contributed by atoms with E-state index in [1.807, 2.05) is 0 Å². The van der Waals surface area contributed by atoms with Gasteiger partial charge in [-0.25, -0.2) is 0 Å². The van der Waals surface area contributed by atoms with Gasteiger partial charge in [-0.05, 0) is 0 Å². The highest BCUT2D eigenvalue weighted by Crippen LogP contribution is 2.19. The summed E-state index contributed by atoms with van der Waals surface area (Å²) in [6.45, 7) is -0.0511. The Labute approximate surface area is 108 Å². The Balaban J connectivity index is 2.57. The summed E-state index contributed by atoms with van der Waals surface area (Å²) >= 11 is 0. The molecule has 1 aliphatic heterocycles. The third-order valence-electron chi connectivity index (χ3n) is 2.63. The molecule has 1 saturated heterocycles. The van der Waals surface area contributed by atoms with E-state index in [0.29, 0.717) is 0 Å². The van der Waals surface area contributed by atoms with Crippen LogP contribution in [0.15, 0.2) is 0 Å². The normalized spacial score (nSPS) is 34.7. The second kappa shape index (κ2) is 6.78. The Morgan fingerprint density at radius 1 is 1.26 bits per heavy atom. The molecule has 5 N–H and O–H groups in total. The van der Waals surface area contributed by atoms with Crippen LogP contribution in [-0.2, 0) is 19.1 Å². The monoisotopic (exact) mass is 279 g/mol. The molecule has 1 rings (SSSR count). The summed E-state index contributed by atoms with van der Waals surface area (Å²) in [5.41, 5.74) is 0. The first kappa shape index (κ1) is 15.8. The second-order valence-corrected chi connectivity index (χ2v) is 4.10. The number of carbonyl (C=O) groups excluding carboxylic acids is 2. The fraction of sp³-hybridized carbons (Fsp3) is 0.800. The molecule has 0 bridgehead atoms. The van der Waals surface area contributed by atoms with Crippen molar-refractivity contribution >= 4 is 11.9 Å². The van der Waals surface area contributed by atoms with E-state index in [0.717, 1.165) is 6.92 Å². The molecular weight excluding hydrogens is 262 g/mol. The zero-order valence-electron chi connectivity index (χ0n) is 10.2. The summed E-state index contributed by atoms with van der Waals surface area (Å²) < 4.78 is 9.26. The van der Waals surface area contributed by atoms with E-state index in [2.05, 4.69) is 10.1 Å². The average Bonchev–Trinajstić information content (AvgIpc) is 2.36. The van der Waals surface area contributed by atoms with E-state index in [1.54, 1.807) is 0 Å². The van der Waals surface area contributed by atoms with Crippen molar-refractivity contribution in [3.8, 4) is 0 Å². The molecule has 1 unspecified atom stereocenters. The van der Waals surface area contributed by atoms with Gasteiger partial charge in [0, 0.05) is 6.92 Å². The highest BCUT2D eigenvalue weighted by atomic mass is 16.6. The van der Waals surface area contributed by atoms with Crippen LogP contribution in [0.4, 0.5) is 0 Å². The number of ether oxygens (including phenoxy) is 2. The van der Waals surface area contributed by atoms with Crippen molar-refractivity contribution in [3.05, 3.63) is 0 Å². The SMILES string of the molecule is CC(=O)OCC(=O)N[C@H]1C(O)O[C@H](CO)[C@@H](O)[C@@H]1O. The predicted molar refractivity (Wildman–Crippen MR) is 58.5 cm³/mol. The summed E-state index contributed by atoms with van der Waals surface area (Å²) in [5, 5.41) is 39.9. The average molecular weight is 279 g/mol. The maximum absolute atomic E-state index is 11.4. The molecule has 1 aliphatic rings. The minimum Gasteiger partial charge on any atom is -0.456 e. The zero-order chi connectivity index (χ0) is 14.6. The quantitative estimate of drug-likeness (QED) is 0.333. The van der Waals surface area contributed by atoms with Crippen molar-refractivity contribution in [1.82, 2.24) is 5.32 Å². The van der Waals surface area contributed by atoms with Crippen molar-refractivity contribution in [2.45, 2.75) is 37.6 Å². The van der Waals surface area contributed by atoms with Crippen LogP contribution in [0.5, 0.6) is 0 Å². The van der Waals surface area contributed by atoms with Gasteiger partial charge in [-0.1, -0.05) is 0 Å². The first-order valence-corrected chi connectivity index (χ1v) is 5.60. The Morgan fingerprint density at radius 2 is 1.89 bits per heavy atom. The third kappa shape index (κ3) is 4.11. The maximum atomic E-state index is 11.4. The number of carbonyl (C=O) groups is 2. The lowest BCUT2D eigenvalue weighted by molar-refractivity contribution is -0.254. The summed E-state index contributed by atoms with van der Waals surface area (Å²) in [4.78, 5) is 21.9. The highest BCUT2D eigenvalue weighted by molar-refractivity contribution is 5.80. The summed E-state index contributed by atoms with van der Waals surface area (Å²) in [6.07, 6.45) is -5.74. The van der Waals surface area contributed by atoms with Crippen LogP contribution in [0, 0.1) is 0 Å². The van der Waals surface area contributed by atoms with Crippen molar-refractivity contribution in [1.29, 1.82) is 0 Å². The van der Waals surface area contributed by atoms with Crippen LogP contribution >= 0.6 is 0 Å². The fourth-order valence-corrected chi connectivity index (χ4v) is 1.65. The number of aliphatic hydroxyl groups excluding tert-OH is 4. The molecule has 0 saturated carbocycles. The molecule has 0 spiro atoms. The first-order valence-electron chi connectivity index (χ1n) is 5.60. The number of hydrogen-bond acceptors (Lipinski definition) is 8. The molecule has 1 heterocycles. The summed E-state index contributed by atoms with van der Waals surface area (Å²) in [7, 11) is 0. The van der Waals surface area contributed by atoms with Crippen LogP contribution < -0.4 is 5.32 Å². The van der Waals surface area contributed by atoms with Crippen LogP contribution in [0.3, 0.4) is 0 Å². The molecule has 19 heavy (non-hydrogen) atoms. The largest absolute Gasteiger partial charge is 0.456 e. The van der Waals surface area contributed by atoms with Gasteiger partial charge in [-0.3, -0.25) is 9.59 Å². The molecule has 0 aliphatic carbocycles. The van der Waals surface area contributed by atoms with E-state index >= 15 is 0 Å². The van der Waals surface area contributed by atoms with Crippen LogP contribution in [0.1, 0.15) is 6.92 Å². The molecule has 0 radical (unpaired) electrons. The topological polar surface area (TPSA) is 146 Å². The number of nitrogens with one attached hydrogen (secondary N) is 1. The molecular formula is C10H17NO8. The van der Waals surface area contributed by atoms with Gasteiger partial charge in [0.05, 0.1) is 6.61 Å². The second-order valence-electron chi connectivity index (χ2n) is 4.10. The van der Waals surface area contributed by atoms with E-state index in [-0.39, 0.29) is 0 Å². The maximum Gasteiger partial charge on any atom is 0.303 e. The van der Waals surface area contributed by atoms with E-state index in [4.69, 9.17) is 9.84 Å². The van der Waals surface area contributed by atoms with Gasteiger partial charge in [0.1, 0.15) is 24.4 Å².